The van der Waals surface area contributed by atoms with E-state index in [1.165, 1.54) is 19.3 Å². The van der Waals surface area contributed by atoms with E-state index in [-0.39, 0.29) is 0 Å². The first-order valence-electron chi connectivity index (χ1n) is 6.69. The fraction of sp³-hybridized carbons (Fsp3) is 1.00. The van der Waals surface area contributed by atoms with Gasteiger partial charge in [-0.05, 0) is 37.6 Å². The molecule has 0 aromatic carbocycles. The summed E-state index contributed by atoms with van der Waals surface area (Å²) in [7, 11) is 0. The minimum atomic E-state index is 0.398. The van der Waals surface area contributed by atoms with Gasteiger partial charge in [0, 0.05) is 12.5 Å². The van der Waals surface area contributed by atoms with Crippen LogP contribution in [-0.4, -0.2) is 32.5 Å². The van der Waals surface area contributed by atoms with Crippen molar-refractivity contribution in [3.05, 3.63) is 0 Å². The van der Waals surface area contributed by atoms with Gasteiger partial charge in [-0.25, -0.2) is 0 Å². The largest absolute Gasteiger partial charge is 0.381 e. The molecule has 0 spiro atoms. The second-order valence-corrected chi connectivity index (χ2v) is 5.52. The minimum absolute atomic E-state index is 0.398. The third-order valence-corrected chi connectivity index (χ3v) is 4.06. The zero-order valence-electron chi connectivity index (χ0n) is 10.4. The van der Waals surface area contributed by atoms with Gasteiger partial charge < -0.3 is 15.2 Å². The maximum Gasteiger partial charge on any atom is 0.0618 e. The highest BCUT2D eigenvalue weighted by atomic mass is 16.5. The third kappa shape index (κ3) is 3.19. The van der Waals surface area contributed by atoms with E-state index in [9.17, 15) is 0 Å². The fourth-order valence-electron chi connectivity index (χ4n) is 2.84. The Labute approximate surface area is 98.7 Å². The predicted molar refractivity (Wildman–Crippen MR) is 64.2 cm³/mol. The standard InChI is InChI=1S/C13H25NO2/c1-10-2-3-12(7-14)13(6-10)16-9-11-4-5-15-8-11/h10-13H,2-9,14H2,1H3. The summed E-state index contributed by atoms with van der Waals surface area (Å²) < 4.78 is 11.4. The molecule has 0 aromatic rings. The van der Waals surface area contributed by atoms with Crippen LogP contribution >= 0.6 is 0 Å². The van der Waals surface area contributed by atoms with Crippen molar-refractivity contribution in [1.29, 1.82) is 0 Å². The normalized spacial score (nSPS) is 40.1. The summed E-state index contributed by atoms with van der Waals surface area (Å²) >= 11 is 0. The summed E-state index contributed by atoms with van der Waals surface area (Å²) in [5, 5.41) is 0. The first-order chi connectivity index (χ1) is 7.79. The monoisotopic (exact) mass is 227 g/mol. The number of rotatable bonds is 4. The van der Waals surface area contributed by atoms with E-state index in [4.69, 9.17) is 15.2 Å². The Morgan fingerprint density at radius 3 is 2.88 bits per heavy atom. The Morgan fingerprint density at radius 1 is 1.31 bits per heavy atom. The molecule has 1 saturated heterocycles. The van der Waals surface area contributed by atoms with Gasteiger partial charge in [0.25, 0.3) is 0 Å². The summed E-state index contributed by atoms with van der Waals surface area (Å²) in [4.78, 5) is 0. The van der Waals surface area contributed by atoms with Gasteiger partial charge in [0.2, 0.25) is 0 Å². The van der Waals surface area contributed by atoms with Crippen molar-refractivity contribution in [1.82, 2.24) is 0 Å². The highest BCUT2D eigenvalue weighted by Crippen LogP contribution is 2.31. The number of nitrogens with two attached hydrogens (primary N) is 1. The van der Waals surface area contributed by atoms with Gasteiger partial charge >= 0.3 is 0 Å². The van der Waals surface area contributed by atoms with Crippen molar-refractivity contribution in [2.75, 3.05) is 26.4 Å². The first-order valence-corrected chi connectivity index (χ1v) is 6.69. The lowest BCUT2D eigenvalue weighted by molar-refractivity contribution is -0.0363. The van der Waals surface area contributed by atoms with Crippen molar-refractivity contribution >= 4 is 0 Å². The maximum atomic E-state index is 6.08. The van der Waals surface area contributed by atoms with E-state index in [1.54, 1.807) is 0 Å². The molecule has 16 heavy (non-hydrogen) atoms. The van der Waals surface area contributed by atoms with Crippen LogP contribution in [0.25, 0.3) is 0 Å². The first kappa shape index (κ1) is 12.3. The topological polar surface area (TPSA) is 44.5 Å². The molecule has 94 valence electrons. The molecule has 1 saturated carbocycles. The Bertz CT molecular complexity index is 204. The van der Waals surface area contributed by atoms with Crippen molar-refractivity contribution in [2.24, 2.45) is 23.5 Å². The van der Waals surface area contributed by atoms with Gasteiger partial charge in [0.15, 0.2) is 0 Å². The second-order valence-electron chi connectivity index (χ2n) is 5.52. The zero-order valence-corrected chi connectivity index (χ0v) is 10.4. The molecule has 0 bridgehead atoms. The van der Waals surface area contributed by atoms with Gasteiger partial charge in [-0.3, -0.25) is 0 Å². The number of hydrogen-bond donors (Lipinski definition) is 1. The molecule has 0 radical (unpaired) electrons. The zero-order chi connectivity index (χ0) is 11.4. The van der Waals surface area contributed by atoms with Crippen LogP contribution in [0.2, 0.25) is 0 Å². The van der Waals surface area contributed by atoms with Crippen LogP contribution in [0.5, 0.6) is 0 Å². The van der Waals surface area contributed by atoms with Crippen LogP contribution in [0, 0.1) is 17.8 Å². The lowest BCUT2D eigenvalue weighted by Crippen LogP contribution is -2.36. The van der Waals surface area contributed by atoms with Gasteiger partial charge in [-0.2, -0.15) is 0 Å². The molecule has 1 heterocycles. The van der Waals surface area contributed by atoms with E-state index < -0.39 is 0 Å². The average Bonchev–Trinajstić information content (AvgIpc) is 2.79. The molecule has 3 nitrogen and oxygen atoms in total. The summed E-state index contributed by atoms with van der Waals surface area (Å²) in [6, 6.07) is 0. The van der Waals surface area contributed by atoms with Crippen LogP contribution in [0.15, 0.2) is 0 Å². The van der Waals surface area contributed by atoms with Crippen LogP contribution in [0.4, 0.5) is 0 Å². The molecule has 3 heteroatoms. The molecule has 1 aliphatic heterocycles. The van der Waals surface area contributed by atoms with E-state index in [0.717, 1.165) is 38.7 Å². The fourth-order valence-corrected chi connectivity index (χ4v) is 2.84. The van der Waals surface area contributed by atoms with Gasteiger partial charge in [-0.1, -0.05) is 13.3 Å². The predicted octanol–water partition coefficient (Wildman–Crippen LogP) is 1.80. The van der Waals surface area contributed by atoms with Crippen LogP contribution in [-0.2, 0) is 9.47 Å². The summed E-state index contributed by atoms with van der Waals surface area (Å²) in [6.07, 6.45) is 5.30. The summed E-state index contributed by atoms with van der Waals surface area (Å²) in [5.41, 5.74) is 5.82. The third-order valence-electron chi connectivity index (χ3n) is 4.06. The quantitative estimate of drug-likeness (QED) is 0.796. The van der Waals surface area contributed by atoms with E-state index >= 15 is 0 Å². The van der Waals surface area contributed by atoms with E-state index in [0.29, 0.717) is 17.9 Å². The molecule has 2 N–H and O–H groups in total. The van der Waals surface area contributed by atoms with Crippen LogP contribution in [0.1, 0.15) is 32.6 Å². The van der Waals surface area contributed by atoms with Crippen molar-refractivity contribution in [3.63, 3.8) is 0 Å². The summed E-state index contributed by atoms with van der Waals surface area (Å²) in [5.74, 6) is 2.00. The summed E-state index contributed by atoms with van der Waals surface area (Å²) in [6.45, 7) is 5.76. The van der Waals surface area contributed by atoms with E-state index in [1.807, 2.05) is 0 Å². The lowest BCUT2D eigenvalue weighted by Gasteiger charge is -2.34. The Hall–Kier alpha value is -0.120. The Balaban J connectivity index is 1.76. The molecule has 2 rings (SSSR count). The molecule has 4 atom stereocenters. The number of ether oxygens (including phenoxy) is 2. The highest BCUT2D eigenvalue weighted by molar-refractivity contribution is 4.80. The SMILES string of the molecule is CC1CCC(CN)C(OCC2CCOC2)C1. The molecule has 2 fully saturated rings. The molecule has 0 amide bonds. The van der Waals surface area contributed by atoms with Crippen LogP contribution in [0.3, 0.4) is 0 Å². The lowest BCUT2D eigenvalue weighted by atomic mass is 9.80. The highest BCUT2D eigenvalue weighted by Gasteiger charge is 2.29. The van der Waals surface area contributed by atoms with Crippen LogP contribution < -0.4 is 5.73 Å². The van der Waals surface area contributed by atoms with Gasteiger partial charge in [0.1, 0.15) is 0 Å². The Kier molecular flexibility index (Phi) is 4.62. The molecule has 0 aromatic heterocycles. The Morgan fingerprint density at radius 2 is 2.19 bits per heavy atom. The molecule has 4 unspecified atom stereocenters. The van der Waals surface area contributed by atoms with Crippen molar-refractivity contribution < 1.29 is 9.47 Å². The van der Waals surface area contributed by atoms with Crippen molar-refractivity contribution in [3.8, 4) is 0 Å². The smallest absolute Gasteiger partial charge is 0.0618 e. The molecular formula is C13H25NO2. The molecular weight excluding hydrogens is 202 g/mol. The molecule has 1 aliphatic carbocycles. The van der Waals surface area contributed by atoms with Gasteiger partial charge in [0.05, 0.1) is 19.3 Å². The van der Waals surface area contributed by atoms with Crippen molar-refractivity contribution in [2.45, 2.75) is 38.7 Å². The average molecular weight is 227 g/mol. The van der Waals surface area contributed by atoms with E-state index in [2.05, 4.69) is 6.92 Å². The van der Waals surface area contributed by atoms with Gasteiger partial charge in [-0.15, -0.1) is 0 Å². The molecule has 2 aliphatic rings. The number of hydrogen-bond acceptors (Lipinski definition) is 3. The minimum Gasteiger partial charge on any atom is -0.381 e. The maximum absolute atomic E-state index is 6.08. The second kappa shape index (κ2) is 5.99.